The average molecular weight is 246 g/mol. The molecule has 1 aliphatic heterocycles. The summed E-state index contributed by atoms with van der Waals surface area (Å²) in [5.41, 5.74) is 1.10. The Morgan fingerprint density at radius 1 is 1.28 bits per heavy atom. The molecule has 1 aromatic rings. The second-order valence-electron chi connectivity index (χ2n) is 5.52. The third-order valence-corrected chi connectivity index (χ3v) is 4.00. The Labute approximate surface area is 109 Å². The Kier molecular flexibility index (Phi) is 3.57. The third kappa shape index (κ3) is 3.06. The fourth-order valence-electron chi connectivity index (χ4n) is 2.76. The lowest BCUT2D eigenvalue weighted by Crippen LogP contribution is -2.43. The maximum atomic E-state index is 4.43. The summed E-state index contributed by atoms with van der Waals surface area (Å²) in [7, 11) is 0. The van der Waals surface area contributed by atoms with Crippen LogP contribution >= 0.6 is 0 Å². The van der Waals surface area contributed by atoms with E-state index in [0.717, 1.165) is 24.1 Å². The molecule has 0 spiro atoms. The van der Waals surface area contributed by atoms with E-state index in [1.807, 2.05) is 19.2 Å². The fraction of sp³-hybridized carbons (Fsp3) is 0.714. The SMILES string of the molecule is Cc1nccc(CNC2CCN(C3CC3)CC2)n1. The van der Waals surface area contributed by atoms with Gasteiger partial charge in [-0.3, -0.25) is 0 Å². The van der Waals surface area contributed by atoms with Crippen LogP contribution in [0.5, 0.6) is 0 Å². The highest BCUT2D eigenvalue weighted by atomic mass is 15.2. The van der Waals surface area contributed by atoms with Crippen molar-refractivity contribution in [1.82, 2.24) is 20.2 Å². The molecule has 0 atom stereocenters. The Morgan fingerprint density at radius 2 is 2.06 bits per heavy atom. The van der Waals surface area contributed by atoms with Crippen molar-refractivity contribution < 1.29 is 0 Å². The molecule has 1 aliphatic carbocycles. The van der Waals surface area contributed by atoms with Gasteiger partial charge in [-0.1, -0.05) is 0 Å². The Morgan fingerprint density at radius 3 is 2.72 bits per heavy atom. The smallest absolute Gasteiger partial charge is 0.125 e. The van der Waals surface area contributed by atoms with Crippen LogP contribution in [0.25, 0.3) is 0 Å². The van der Waals surface area contributed by atoms with E-state index in [2.05, 4.69) is 20.2 Å². The Hall–Kier alpha value is -1.00. The van der Waals surface area contributed by atoms with Gasteiger partial charge in [-0.15, -0.1) is 0 Å². The molecule has 2 aliphatic rings. The van der Waals surface area contributed by atoms with E-state index in [4.69, 9.17) is 0 Å². The van der Waals surface area contributed by atoms with Gasteiger partial charge in [0.2, 0.25) is 0 Å². The monoisotopic (exact) mass is 246 g/mol. The number of likely N-dealkylation sites (tertiary alicyclic amines) is 1. The molecule has 2 heterocycles. The van der Waals surface area contributed by atoms with Crippen LogP contribution in [0.15, 0.2) is 12.3 Å². The van der Waals surface area contributed by atoms with Crippen LogP contribution in [-0.2, 0) is 6.54 Å². The highest BCUT2D eigenvalue weighted by molar-refractivity contribution is 5.01. The minimum absolute atomic E-state index is 0.662. The predicted octanol–water partition coefficient (Wildman–Crippen LogP) is 1.50. The second kappa shape index (κ2) is 5.33. The van der Waals surface area contributed by atoms with Gasteiger partial charge in [0.05, 0.1) is 5.69 Å². The number of rotatable bonds is 4. The summed E-state index contributed by atoms with van der Waals surface area (Å²) >= 11 is 0. The lowest BCUT2D eigenvalue weighted by atomic mass is 10.0. The molecule has 1 N–H and O–H groups in total. The lowest BCUT2D eigenvalue weighted by Gasteiger charge is -2.32. The van der Waals surface area contributed by atoms with Gasteiger partial charge in [0.15, 0.2) is 0 Å². The highest BCUT2D eigenvalue weighted by Crippen LogP contribution is 2.29. The summed E-state index contributed by atoms with van der Waals surface area (Å²) in [5, 5.41) is 3.63. The maximum Gasteiger partial charge on any atom is 0.125 e. The molecular formula is C14H22N4. The number of hydrogen-bond donors (Lipinski definition) is 1. The molecule has 1 saturated carbocycles. The molecule has 0 unspecified atom stereocenters. The topological polar surface area (TPSA) is 41.1 Å². The zero-order valence-corrected chi connectivity index (χ0v) is 11.1. The molecule has 1 aromatic heterocycles. The molecule has 1 saturated heterocycles. The van der Waals surface area contributed by atoms with Gasteiger partial charge in [-0.2, -0.15) is 0 Å². The first-order valence-electron chi connectivity index (χ1n) is 7.07. The normalized spacial score (nSPS) is 22.3. The van der Waals surface area contributed by atoms with Crippen LogP contribution in [0.2, 0.25) is 0 Å². The fourth-order valence-corrected chi connectivity index (χ4v) is 2.76. The quantitative estimate of drug-likeness (QED) is 0.874. The van der Waals surface area contributed by atoms with Crippen LogP contribution in [0.4, 0.5) is 0 Å². The van der Waals surface area contributed by atoms with E-state index in [9.17, 15) is 0 Å². The summed E-state index contributed by atoms with van der Waals surface area (Å²) in [6.07, 6.45) is 7.26. The van der Waals surface area contributed by atoms with Gasteiger partial charge in [-0.05, 0) is 51.8 Å². The van der Waals surface area contributed by atoms with E-state index in [1.54, 1.807) is 0 Å². The number of aromatic nitrogens is 2. The van der Waals surface area contributed by atoms with Gasteiger partial charge in [0.25, 0.3) is 0 Å². The minimum atomic E-state index is 0.662. The van der Waals surface area contributed by atoms with Gasteiger partial charge < -0.3 is 10.2 Å². The number of nitrogens with zero attached hydrogens (tertiary/aromatic N) is 3. The van der Waals surface area contributed by atoms with Crippen molar-refractivity contribution in [2.24, 2.45) is 0 Å². The van der Waals surface area contributed by atoms with Crippen LogP contribution < -0.4 is 5.32 Å². The van der Waals surface area contributed by atoms with Crippen molar-refractivity contribution in [3.8, 4) is 0 Å². The van der Waals surface area contributed by atoms with E-state index in [-0.39, 0.29) is 0 Å². The van der Waals surface area contributed by atoms with Crippen LogP contribution in [0.1, 0.15) is 37.2 Å². The number of piperidine rings is 1. The molecule has 0 amide bonds. The van der Waals surface area contributed by atoms with E-state index < -0.39 is 0 Å². The second-order valence-corrected chi connectivity index (χ2v) is 5.52. The van der Waals surface area contributed by atoms with Gasteiger partial charge in [0, 0.05) is 24.8 Å². The molecule has 0 radical (unpaired) electrons. The zero-order chi connectivity index (χ0) is 12.4. The Bertz CT molecular complexity index is 395. The van der Waals surface area contributed by atoms with E-state index in [1.165, 1.54) is 38.8 Å². The van der Waals surface area contributed by atoms with Gasteiger partial charge >= 0.3 is 0 Å². The first-order valence-corrected chi connectivity index (χ1v) is 7.07. The molecule has 18 heavy (non-hydrogen) atoms. The molecule has 0 aromatic carbocycles. The Balaban J connectivity index is 1.43. The molecule has 2 fully saturated rings. The van der Waals surface area contributed by atoms with Crippen molar-refractivity contribution in [3.63, 3.8) is 0 Å². The van der Waals surface area contributed by atoms with Crippen molar-refractivity contribution >= 4 is 0 Å². The van der Waals surface area contributed by atoms with Crippen molar-refractivity contribution in [2.45, 2.75) is 51.2 Å². The van der Waals surface area contributed by atoms with E-state index >= 15 is 0 Å². The summed E-state index contributed by atoms with van der Waals surface area (Å²) in [6.45, 7) is 5.35. The minimum Gasteiger partial charge on any atom is -0.308 e. The third-order valence-electron chi connectivity index (χ3n) is 4.00. The van der Waals surface area contributed by atoms with Gasteiger partial charge in [-0.25, -0.2) is 9.97 Å². The standard InChI is InChI=1S/C14H22N4/c1-11-15-7-4-13(17-11)10-16-12-5-8-18(9-6-12)14-2-3-14/h4,7,12,14,16H,2-3,5-6,8-10H2,1H3. The number of nitrogens with one attached hydrogen (secondary N) is 1. The molecule has 3 rings (SSSR count). The van der Waals surface area contributed by atoms with E-state index in [0.29, 0.717) is 6.04 Å². The van der Waals surface area contributed by atoms with Crippen molar-refractivity contribution in [1.29, 1.82) is 0 Å². The maximum absolute atomic E-state index is 4.43. The predicted molar refractivity (Wildman–Crippen MR) is 71.2 cm³/mol. The van der Waals surface area contributed by atoms with Crippen LogP contribution in [0.3, 0.4) is 0 Å². The summed E-state index contributed by atoms with van der Waals surface area (Å²) in [6, 6.07) is 3.59. The molecule has 4 heteroatoms. The summed E-state index contributed by atoms with van der Waals surface area (Å²) in [4.78, 5) is 11.2. The first-order chi connectivity index (χ1) is 8.81. The molecular weight excluding hydrogens is 224 g/mol. The summed E-state index contributed by atoms with van der Waals surface area (Å²) < 4.78 is 0. The summed E-state index contributed by atoms with van der Waals surface area (Å²) in [5.74, 6) is 0.859. The van der Waals surface area contributed by atoms with Crippen molar-refractivity contribution in [3.05, 3.63) is 23.8 Å². The average Bonchev–Trinajstić information content (AvgIpc) is 3.21. The van der Waals surface area contributed by atoms with Crippen LogP contribution in [0, 0.1) is 6.92 Å². The highest BCUT2D eigenvalue weighted by Gasteiger charge is 2.31. The first kappa shape index (κ1) is 12.1. The van der Waals surface area contributed by atoms with Crippen molar-refractivity contribution in [2.75, 3.05) is 13.1 Å². The molecule has 0 bridgehead atoms. The van der Waals surface area contributed by atoms with Crippen LogP contribution in [-0.4, -0.2) is 40.0 Å². The lowest BCUT2D eigenvalue weighted by molar-refractivity contribution is 0.189. The number of hydrogen-bond acceptors (Lipinski definition) is 4. The zero-order valence-electron chi connectivity index (χ0n) is 11.1. The van der Waals surface area contributed by atoms with Gasteiger partial charge in [0.1, 0.15) is 5.82 Å². The molecule has 98 valence electrons. The largest absolute Gasteiger partial charge is 0.308 e. The molecule has 4 nitrogen and oxygen atoms in total. The number of aryl methyl sites for hydroxylation is 1.